The quantitative estimate of drug-likeness (QED) is 0.597. The molecule has 1 aliphatic rings. The van der Waals surface area contributed by atoms with E-state index in [4.69, 9.17) is 9.47 Å². The first-order valence-electron chi connectivity index (χ1n) is 8.62. The molecule has 2 rings (SSSR count). The lowest BCUT2D eigenvalue weighted by atomic mass is 10.2. The summed E-state index contributed by atoms with van der Waals surface area (Å²) < 4.78 is 10.8. The fraction of sp³-hybridized carbons (Fsp3) is 0.500. The van der Waals surface area contributed by atoms with E-state index in [1.165, 1.54) is 0 Å². The predicted octanol–water partition coefficient (Wildman–Crippen LogP) is 1.73. The minimum Gasteiger partial charge on any atom is -0.482 e. The van der Waals surface area contributed by atoms with E-state index in [-0.39, 0.29) is 25.1 Å². The Hall–Kier alpha value is -1.87. The van der Waals surface area contributed by atoms with Crippen LogP contribution in [0.5, 0.6) is 5.75 Å². The molecular weight excluding hydrogens is 388 g/mol. The second kappa shape index (κ2) is 11.1. The highest BCUT2D eigenvalue weighted by atomic mass is 32.2. The van der Waals surface area contributed by atoms with Crippen LogP contribution in [0.15, 0.2) is 24.3 Å². The number of benzene rings is 1. The minimum atomic E-state index is -0.640. The number of para-hydroxylation sites is 1. The SMILES string of the molecule is CC(C)NC(=O)CNC(=O)COC(=O)COc1ccccc1C1SCCS1. The van der Waals surface area contributed by atoms with Crippen molar-refractivity contribution in [3.05, 3.63) is 29.8 Å². The summed E-state index contributed by atoms with van der Waals surface area (Å²) in [4.78, 5) is 34.9. The van der Waals surface area contributed by atoms with Crippen LogP contribution in [0.25, 0.3) is 0 Å². The molecule has 0 radical (unpaired) electrons. The average Bonchev–Trinajstić information content (AvgIpc) is 3.17. The normalized spacial score (nSPS) is 14.0. The van der Waals surface area contributed by atoms with Gasteiger partial charge in [0, 0.05) is 23.1 Å². The van der Waals surface area contributed by atoms with Crippen molar-refractivity contribution in [2.45, 2.75) is 24.5 Å². The molecule has 27 heavy (non-hydrogen) atoms. The maximum absolute atomic E-state index is 11.8. The zero-order valence-electron chi connectivity index (χ0n) is 15.4. The molecule has 0 bridgehead atoms. The maximum atomic E-state index is 11.8. The summed E-state index contributed by atoms with van der Waals surface area (Å²) in [6.07, 6.45) is 0. The molecule has 0 aliphatic carbocycles. The van der Waals surface area contributed by atoms with E-state index in [0.29, 0.717) is 10.3 Å². The lowest BCUT2D eigenvalue weighted by Crippen LogP contribution is -2.41. The monoisotopic (exact) mass is 412 g/mol. The molecule has 0 aromatic heterocycles. The Balaban J connectivity index is 1.71. The minimum absolute atomic E-state index is 0.00621. The molecule has 1 fully saturated rings. The van der Waals surface area contributed by atoms with Gasteiger partial charge in [-0.05, 0) is 19.9 Å². The van der Waals surface area contributed by atoms with E-state index in [9.17, 15) is 14.4 Å². The van der Waals surface area contributed by atoms with Crippen molar-refractivity contribution in [2.24, 2.45) is 0 Å². The van der Waals surface area contributed by atoms with E-state index in [1.54, 1.807) is 0 Å². The maximum Gasteiger partial charge on any atom is 0.344 e. The summed E-state index contributed by atoms with van der Waals surface area (Å²) in [6.45, 7) is 2.76. The van der Waals surface area contributed by atoms with Crippen LogP contribution in [0.3, 0.4) is 0 Å². The predicted molar refractivity (Wildman–Crippen MR) is 107 cm³/mol. The van der Waals surface area contributed by atoms with Gasteiger partial charge in [0.15, 0.2) is 13.2 Å². The van der Waals surface area contributed by atoms with E-state index >= 15 is 0 Å². The Labute approximate surface area is 167 Å². The van der Waals surface area contributed by atoms with Gasteiger partial charge in [0.05, 0.1) is 11.1 Å². The van der Waals surface area contributed by atoms with Crippen molar-refractivity contribution in [3.63, 3.8) is 0 Å². The molecule has 148 valence electrons. The van der Waals surface area contributed by atoms with Gasteiger partial charge >= 0.3 is 5.97 Å². The van der Waals surface area contributed by atoms with Crippen molar-refractivity contribution >= 4 is 41.3 Å². The van der Waals surface area contributed by atoms with Crippen LogP contribution < -0.4 is 15.4 Å². The van der Waals surface area contributed by atoms with Gasteiger partial charge in [-0.15, -0.1) is 23.5 Å². The second-order valence-corrected chi connectivity index (χ2v) is 8.78. The first-order chi connectivity index (χ1) is 13.0. The smallest absolute Gasteiger partial charge is 0.344 e. The van der Waals surface area contributed by atoms with Crippen LogP contribution in [-0.4, -0.2) is 55.1 Å². The van der Waals surface area contributed by atoms with E-state index in [0.717, 1.165) is 17.1 Å². The molecular formula is C18H24N2O5S2. The molecule has 2 amide bonds. The third-order valence-corrected chi connectivity index (χ3v) is 6.47. The first-order valence-corrected chi connectivity index (χ1v) is 10.7. The van der Waals surface area contributed by atoms with Gasteiger partial charge in [0.1, 0.15) is 5.75 Å². The molecule has 7 nitrogen and oxygen atoms in total. The molecule has 1 aromatic rings. The summed E-state index contributed by atoms with van der Waals surface area (Å²) >= 11 is 3.70. The highest BCUT2D eigenvalue weighted by Crippen LogP contribution is 2.48. The zero-order valence-corrected chi connectivity index (χ0v) is 17.0. The van der Waals surface area contributed by atoms with Crippen LogP contribution in [-0.2, 0) is 19.1 Å². The number of amides is 2. The van der Waals surface area contributed by atoms with Crippen LogP contribution in [0.4, 0.5) is 0 Å². The van der Waals surface area contributed by atoms with Crippen molar-refractivity contribution in [2.75, 3.05) is 31.3 Å². The first kappa shape index (κ1) is 21.4. The third kappa shape index (κ3) is 7.72. The van der Waals surface area contributed by atoms with Gasteiger partial charge in [-0.25, -0.2) is 4.79 Å². The standard InChI is InChI=1S/C18H24N2O5S2/c1-12(2)20-15(21)9-19-16(22)10-25-17(23)11-24-14-6-4-3-5-13(14)18-26-7-8-27-18/h3-6,12,18H,7-11H2,1-2H3,(H,19,22)(H,20,21). The van der Waals surface area contributed by atoms with Gasteiger partial charge in [-0.2, -0.15) is 0 Å². The van der Waals surface area contributed by atoms with Gasteiger partial charge in [-0.1, -0.05) is 18.2 Å². The lowest BCUT2D eigenvalue weighted by Gasteiger charge is -2.14. The summed E-state index contributed by atoms with van der Waals surface area (Å²) in [5.74, 6) is 1.36. The summed E-state index contributed by atoms with van der Waals surface area (Å²) in [6, 6.07) is 7.60. The zero-order chi connectivity index (χ0) is 19.6. The number of esters is 1. The average molecular weight is 413 g/mol. The topological polar surface area (TPSA) is 93.7 Å². The number of ether oxygens (including phenoxy) is 2. The number of carbonyl (C=O) groups is 3. The van der Waals surface area contributed by atoms with Gasteiger partial charge in [0.2, 0.25) is 5.91 Å². The Morgan fingerprint density at radius 3 is 2.52 bits per heavy atom. The Morgan fingerprint density at radius 2 is 1.81 bits per heavy atom. The molecule has 0 unspecified atom stereocenters. The third-order valence-electron chi connectivity index (χ3n) is 3.40. The summed E-state index contributed by atoms with van der Waals surface area (Å²) in [5, 5.41) is 5.03. The molecule has 1 saturated heterocycles. The molecule has 0 spiro atoms. The van der Waals surface area contributed by atoms with Crippen LogP contribution in [0.2, 0.25) is 0 Å². The molecule has 2 N–H and O–H groups in total. The van der Waals surface area contributed by atoms with Crippen LogP contribution in [0, 0.1) is 0 Å². The number of hydrogen-bond acceptors (Lipinski definition) is 7. The van der Waals surface area contributed by atoms with Crippen LogP contribution in [0.1, 0.15) is 24.0 Å². The molecule has 0 saturated carbocycles. The number of carbonyl (C=O) groups excluding carboxylic acids is 3. The number of nitrogens with one attached hydrogen (secondary N) is 2. The Kier molecular flexibility index (Phi) is 8.80. The van der Waals surface area contributed by atoms with E-state index in [1.807, 2.05) is 61.6 Å². The molecule has 9 heteroatoms. The highest BCUT2D eigenvalue weighted by molar-refractivity contribution is 8.19. The number of hydrogen-bond donors (Lipinski definition) is 2. The Morgan fingerprint density at radius 1 is 1.11 bits per heavy atom. The van der Waals surface area contributed by atoms with Crippen molar-refractivity contribution in [1.29, 1.82) is 0 Å². The van der Waals surface area contributed by atoms with E-state index < -0.39 is 18.5 Å². The number of thioether (sulfide) groups is 2. The van der Waals surface area contributed by atoms with Crippen molar-refractivity contribution in [1.82, 2.24) is 10.6 Å². The van der Waals surface area contributed by atoms with Gasteiger partial charge in [0.25, 0.3) is 5.91 Å². The largest absolute Gasteiger partial charge is 0.482 e. The second-order valence-electron chi connectivity index (χ2n) is 6.06. The van der Waals surface area contributed by atoms with Gasteiger partial charge in [-0.3, -0.25) is 9.59 Å². The summed E-state index contributed by atoms with van der Waals surface area (Å²) in [7, 11) is 0. The summed E-state index contributed by atoms with van der Waals surface area (Å²) in [5.41, 5.74) is 1.05. The fourth-order valence-corrected chi connectivity index (χ4v) is 5.18. The lowest BCUT2D eigenvalue weighted by molar-refractivity contribution is -0.150. The van der Waals surface area contributed by atoms with Crippen molar-refractivity contribution < 1.29 is 23.9 Å². The van der Waals surface area contributed by atoms with Crippen LogP contribution >= 0.6 is 23.5 Å². The molecule has 1 aliphatic heterocycles. The van der Waals surface area contributed by atoms with Gasteiger partial charge < -0.3 is 20.1 Å². The molecule has 1 aromatic carbocycles. The number of rotatable bonds is 9. The fourth-order valence-electron chi connectivity index (χ4n) is 2.27. The molecule has 1 heterocycles. The highest BCUT2D eigenvalue weighted by Gasteiger charge is 2.22. The Bertz CT molecular complexity index is 663. The van der Waals surface area contributed by atoms with Crippen molar-refractivity contribution in [3.8, 4) is 5.75 Å². The van der Waals surface area contributed by atoms with E-state index in [2.05, 4.69) is 10.6 Å². The molecule has 0 atom stereocenters.